The maximum atomic E-state index is 12.3. The molecule has 0 atom stereocenters. The molecule has 0 spiro atoms. The maximum absolute atomic E-state index is 12.3. The Bertz CT molecular complexity index is 960. The van der Waals surface area contributed by atoms with Crippen molar-refractivity contribution in [2.45, 2.75) is 20.3 Å². The Hall–Kier alpha value is -3.41. The first-order chi connectivity index (χ1) is 13.6. The van der Waals surface area contributed by atoms with Crippen LogP contribution in [0.25, 0.3) is 10.8 Å². The van der Waals surface area contributed by atoms with Crippen LogP contribution in [0.1, 0.15) is 29.8 Å². The molecular weight excluding hydrogens is 352 g/mol. The monoisotopic (exact) mass is 376 g/mol. The van der Waals surface area contributed by atoms with Gasteiger partial charge in [-0.25, -0.2) is 4.98 Å². The number of nitrogens with zero attached hydrogens (tertiary/aromatic N) is 2. The van der Waals surface area contributed by atoms with Crippen LogP contribution in [0.3, 0.4) is 0 Å². The number of rotatable bonds is 6. The van der Waals surface area contributed by atoms with Crippen molar-refractivity contribution in [2.75, 3.05) is 18.0 Å². The minimum Gasteiger partial charge on any atom is -0.357 e. The molecule has 0 bridgehead atoms. The zero-order valence-electron chi connectivity index (χ0n) is 16.1. The van der Waals surface area contributed by atoms with E-state index in [1.165, 1.54) is 6.20 Å². The van der Waals surface area contributed by atoms with Gasteiger partial charge in [-0.15, -0.1) is 0 Å². The maximum Gasteiger partial charge on any atom is 0.271 e. The smallest absolute Gasteiger partial charge is 0.271 e. The topological polar surface area (TPSA) is 74.3 Å². The van der Waals surface area contributed by atoms with Gasteiger partial charge in [-0.3, -0.25) is 20.4 Å². The third kappa shape index (κ3) is 4.46. The van der Waals surface area contributed by atoms with E-state index in [0.717, 1.165) is 35.2 Å². The van der Waals surface area contributed by atoms with Gasteiger partial charge < -0.3 is 4.90 Å². The lowest BCUT2D eigenvalue weighted by molar-refractivity contribution is -0.121. The van der Waals surface area contributed by atoms with Crippen molar-refractivity contribution in [1.82, 2.24) is 15.8 Å². The fraction of sp³-hybridized carbons (Fsp3) is 0.227. The Kier molecular flexibility index (Phi) is 6.22. The van der Waals surface area contributed by atoms with E-state index in [1.54, 1.807) is 12.1 Å². The SMILES string of the molecule is CCN(CC)c1ccc(C(=O)NNC(=O)Cc2cccc3ccccc23)cn1. The van der Waals surface area contributed by atoms with Crippen LogP contribution in [0, 0.1) is 0 Å². The predicted molar refractivity (Wildman–Crippen MR) is 111 cm³/mol. The molecular formula is C22H24N4O2. The van der Waals surface area contributed by atoms with Gasteiger partial charge in [0.25, 0.3) is 5.91 Å². The molecule has 0 aliphatic carbocycles. The molecule has 3 rings (SSSR count). The van der Waals surface area contributed by atoms with Crippen molar-refractivity contribution in [3.8, 4) is 0 Å². The molecule has 1 heterocycles. The number of hydrogen-bond acceptors (Lipinski definition) is 4. The number of aromatic nitrogens is 1. The zero-order chi connectivity index (χ0) is 19.9. The number of carbonyl (C=O) groups is 2. The molecule has 6 nitrogen and oxygen atoms in total. The highest BCUT2D eigenvalue weighted by Crippen LogP contribution is 2.18. The van der Waals surface area contributed by atoms with Crippen molar-refractivity contribution < 1.29 is 9.59 Å². The number of carbonyl (C=O) groups excluding carboxylic acids is 2. The van der Waals surface area contributed by atoms with Gasteiger partial charge in [0.15, 0.2) is 0 Å². The summed E-state index contributed by atoms with van der Waals surface area (Å²) in [7, 11) is 0. The highest BCUT2D eigenvalue weighted by atomic mass is 16.2. The molecule has 144 valence electrons. The summed E-state index contributed by atoms with van der Waals surface area (Å²) in [5, 5.41) is 2.11. The molecule has 2 N–H and O–H groups in total. The van der Waals surface area contributed by atoms with Crippen LogP contribution in [0.15, 0.2) is 60.8 Å². The van der Waals surface area contributed by atoms with E-state index in [-0.39, 0.29) is 12.3 Å². The van der Waals surface area contributed by atoms with Gasteiger partial charge >= 0.3 is 0 Å². The third-order valence-corrected chi connectivity index (χ3v) is 4.64. The molecule has 0 saturated heterocycles. The van der Waals surface area contributed by atoms with E-state index in [9.17, 15) is 9.59 Å². The van der Waals surface area contributed by atoms with E-state index < -0.39 is 5.91 Å². The number of nitrogens with one attached hydrogen (secondary N) is 2. The second-order valence-corrected chi connectivity index (χ2v) is 6.39. The van der Waals surface area contributed by atoms with Gasteiger partial charge in [-0.2, -0.15) is 0 Å². The van der Waals surface area contributed by atoms with Gasteiger partial charge in [0.2, 0.25) is 5.91 Å². The van der Waals surface area contributed by atoms with Gasteiger partial charge in [-0.1, -0.05) is 42.5 Å². The largest absolute Gasteiger partial charge is 0.357 e. The van der Waals surface area contributed by atoms with E-state index in [2.05, 4.69) is 34.6 Å². The van der Waals surface area contributed by atoms with Gasteiger partial charge in [-0.05, 0) is 42.3 Å². The van der Waals surface area contributed by atoms with Gasteiger partial charge in [0.05, 0.1) is 12.0 Å². The van der Waals surface area contributed by atoms with Crippen LogP contribution in [-0.2, 0) is 11.2 Å². The number of amides is 2. The third-order valence-electron chi connectivity index (χ3n) is 4.64. The van der Waals surface area contributed by atoms with E-state index in [0.29, 0.717) is 5.56 Å². The molecule has 2 aromatic carbocycles. The Morgan fingerprint density at radius 1 is 0.929 bits per heavy atom. The summed E-state index contributed by atoms with van der Waals surface area (Å²) in [6, 6.07) is 17.3. The van der Waals surface area contributed by atoms with Crippen LogP contribution >= 0.6 is 0 Å². The Balaban J connectivity index is 1.59. The minimum absolute atomic E-state index is 0.181. The molecule has 1 aromatic heterocycles. The number of pyridine rings is 1. The predicted octanol–water partition coefficient (Wildman–Crippen LogP) is 3.08. The van der Waals surface area contributed by atoms with Crippen molar-refractivity contribution in [3.63, 3.8) is 0 Å². The second kappa shape index (κ2) is 8.99. The average Bonchev–Trinajstić information content (AvgIpc) is 2.74. The van der Waals surface area contributed by atoms with Gasteiger partial charge in [0, 0.05) is 19.3 Å². The molecule has 0 unspecified atom stereocenters. The van der Waals surface area contributed by atoms with Crippen molar-refractivity contribution in [3.05, 3.63) is 71.9 Å². The van der Waals surface area contributed by atoms with Crippen LogP contribution in [-0.4, -0.2) is 29.9 Å². The lowest BCUT2D eigenvalue weighted by Crippen LogP contribution is -2.42. The highest BCUT2D eigenvalue weighted by Gasteiger charge is 2.11. The fourth-order valence-corrected chi connectivity index (χ4v) is 3.12. The summed E-state index contributed by atoms with van der Waals surface area (Å²) < 4.78 is 0. The molecule has 0 radical (unpaired) electrons. The molecule has 0 aliphatic rings. The normalized spacial score (nSPS) is 10.5. The van der Waals surface area contributed by atoms with Crippen LogP contribution < -0.4 is 15.8 Å². The number of anilines is 1. The van der Waals surface area contributed by atoms with Crippen LogP contribution in [0.2, 0.25) is 0 Å². The van der Waals surface area contributed by atoms with E-state index in [4.69, 9.17) is 0 Å². The molecule has 2 amide bonds. The first-order valence-corrected chi connectivity index (χ1v) is 9.39. The fourth-order valence-electron chi connectivity index (χ4n) is 3.12. The molecule has 28 heavy (non-hydrogen) atoms. The minimum atomic E-state index is -0.398. The summed E-state index contributed by atoms with van der Waals surface area (Å²) >= 11 is 0. The summed E-state index contributed by atoms with van der Waals surface area (Å²) in [5.41, 5.74) is 6.23. The molecule has 0 aliphatic heterocycles. The van der Waals surface area contributed by atoms with Crippen molar-refractivity contribution in [2.24, 2.45) is 0 Å². The second-order valence-electron chi connectivity index (χ2n) is 6.39. The summed E-state index contributed by atoms with van der Waals surface area (Å²) in [6.07, 6.45) is 1.70. The van der Waals surface area contributed by atoms with E-state index >= 15 is 0 Å². The number of fused-ring (bicyclic) bond motifs is 1. The first kappa shape index (κ1) is 19.4. The van der Waals surface area contributed by atoms with Crippen molar-refractivity contribution >= 4 is 28.4 Å². The lowest BCUT2D eigenvalue weighted by Gasteiger charge is -2.19. The average molecular weight is 376 g/mol. The molecule has 0 saturated carbocycles. The molecule has 6 heteroatoms. The van der Waals surface area contributed by atoms with Crippen LogP contribution in [0.5, 0.6) is 0 Å². The summed E-state index contributed by atoms with van der Waals surface area (Å²) in [4.78, 5) is 30.9. The standard InChI is InChI=1S/C22H24N4O2/c1-3-26(4-2)20-13-12-18(15-23-20)22(28)25-24-21(27)14-17-10-7-9-16-8-5-6-11-19(16)17/h5-13,15H,3-4,14H2,1-2H3,(H,24,27)(H,25,28). The number of hydrogen-bond donors (Lipinski definition) is 2. The first-order valence-electron chi connectivity index (χ1n) is 9.39. The van der Waals surface area contributed by atoms with E-state index in [1.807, 2.05) is 42.5 Å². The van der Waals surface area contributed by atoms with Crippen LogP contribution in [0.4, 0.5) is 5.82 Å². The highest BCUT2D eigenvalue weighted by molar-refractivity contribution is 5.96. The Morgan fingerprint density at radius 2 is 1.68 bits per heavy atom. The van der Waals surface area contributed by atoms with Crippen molar-refractivity contribution in [1.29, 1.82) is 0 Å². The Morgan fingerprint density at radius 3 is 2.39 bits per heavy atom. The zero-order valence-corrected chi connectivity index (χ0v) is 16.1. The number of benzene rings is 2. The molecule has 0 fully saturated rings. The molecule has 3 aromatic rings. The lowest BCUT2D eigenvalue weighted by atomic mass is 10.0. The summed E-state index contributed by atoms with van der Waals surface area (Å²) in [6.45, 7) is 5.80. The Labute approximate surface area is 164 Å². The van der Waals surface area contributed by atoms with Gasteiger partial charge in [0.1, 0.15) is 5.82 Å². The summed E-state index contributed by atoms with van der Waals surface area (Å²) in [5.74, 6) is 0.142. The number of hydrazine groups is 1. The quantitative estimate of drug-likeness (QED) is 0.649.